The van der Waals surface area contributed by atoms with Crippen LogP contribution in [0.2, 0.25) is 0 Å². The van der Waals surface area contributed by atoms with E-state index in [2.05, 4.69) is 5.32 Å². The zero-order valence-corrected chi connectivity index (χ0v) is 14.3. The average Bonchev–Trinajstić information content (AvgIpc) is 2.54. The van der Waals surface area contributed by atoms with E-state index < -0.39 is 15.6 Å². The predicted molar refractivity (Wildman–Crippen MR) is 90.6 cm³/mol. The predicted octanol–water partition coefficient (Wildman–Crippen LogP) is 1.59. The lowest BCUT2D eigenvalue weighted by Crippen LogP contribution is -2.43. The minimum Gasteiger partial charge on any atom is -0.423 e. The Hall–Kier alpha value is -1.41. The molecule has 0 aliphatic carbocycles. The van der Waals surface area contributed by atoms with Crippen LogP contribution in [0.3, 0.4) is 0 Å². The molecule has 2 aromatic rings. The summed E-state index contributed by atoms with van der Waals surface area (Å²) in [5.74, 6) is 0. The Labute approximate surface area is 140 Å². The van der Waals surface area contributed by atoms with E-state index >= 15 is 0 Å². The number of halogens is 1. The molecule has 1 aliphatic heterocycles. The van der Waals surface area contributed by atoms with E-state index in [1.165, 1.54) is 22.5 Å². The van der Waals surface area contributed by atoms with Gasteiger partial charge in [-0.05, 0) is 44.2 Å². The van der Waals surface area contributed by atoms with Gasteiger partial charge in [0.15, 0.2) is 0 Å². The maximum absolute atomic E-state index is 12.7. The second-order valence-electron chi connectivity index (χ2n) is 5.42. The summed E-state index contributed by atoms with van der Waals surface area (Å²) in [6.07, 6.45) is 1.61. The van der Waals surface area contributed by atoms with Crippen LogP contribution in [0, 0.1) is 0 Å². The van der Waals surface area contributed by atoms with E-state index in [1.807, 2.05) is 7.05 Å². The smallest absolute Gasteiger partial charge is 0.336 e. The minimum absolute atomic E-state index is 0. The van der Waals surface area contributed by atoms with Crippen LogP contribution in [-0.2, 0) is 10.0 Å². The Balaban J connectivity index is 0.00000192. The fourth-order valence-corrected chi connectivity index (χ4v) is 4.25. The lowest BCUT2D eigenvalue weighted by atomic mass is 10.1. The van der Waals surface area contributed by atoms with Crippen molar-refractivity contribution in [2.75, 3.05) is 20.1 Å². The van der Waals surface area contributed by atoms with E-state index in [-0.39, 0.29) is 17.3 Å². The highest BCUT2D eigenvalue weighted by Crippen LogP contribution is 2.23. The Morgan fingerprint density at radius 1 is 1.17 bits per heavy atom. The van der Waals surface area contributed by atoms with Gasteiger partial charge in [0.1, 0.15) is 5.58 Å². The number of hydrogen-bond donors (Lipinski definition) is 1. The first-order valence-electron chi connectivity index (χ1n) is 7.22. The largest absolute Gasteiger partial charge is 0.423 e. The number of nitrogens with one attached hydrogen (secondary N) is 1. The number of fused-ring (bicyclic) bond motifs is 1. The standard InChI is InChI=1S/C15H18N2O4S.ClH/c1-16-12-6-8-17(9-7-12)22(19,20)13-3-4-14-11(10-13)2-5-15(18)21-14;/h2-5,10,12,16H,6-9H2,1H3;1H. The second kappa shape index (κ2) is 7.00. The van der Waals surface area contributed by atoms with Gasteiger partial charge in [-0.2, -0.15) is 4.31 Å². The molecule has 1 saturated heterocycles. The minimum atomic E-state index is -3.51. The van der Waals surface area contributed by atoms with Gasteiger partial charge in [-0.15, -0.1) is 12.4 Å². The van der Waals surface area contributed by atoms with Crippen molar-refractivity contribution in [3.8, 4) is 0 Å². The van der Waals surface area contributed by atoms with Gasteiger partial charge in [0, 0.05) is 30.6 Å². The average molecular weight is 359 g/mol. The Morgan fingerprint density at radius 2 is 1.87 bits per heavy atom. The van der Waals surface area contributed by atoms with Crippen LogP contribution >= 0.6 is 12.4 Å². The van der Waals surface area contributed by atoms with Gasteiger partial charge in [0.05, 0.1) is 4.90 Å². The van der Waals surface area contributed by atoms with E-state index in [1.54, 1.807) is 12.1 Å². The van der Waals surface area contributed by atoms with E-state index in [0.717, 1.165) is 12.8 Å². The van der Waals surface area contributed by atoms with E-state index in [4.69, 9.17) is 4.42 Å². The van der Waals surface area contributed by atoms with Crippen molar-refractivity contribution in [2.24, 2.45) is 0 Å². The molecule has 0 radical (unpaired) electrons. The fraction of sp³-hybridized carbons (Fsp3) is 0.400. The molecule has 0 bridgehead atoms. The first-order valence-corrected chi connectivity index (χ1v) is 8.66. The summed E-state index contributed by atoms with van der Waals surface area (Å²) in [6.45, 7) is 1.02. The zero-order chi connectivity index (χ0) is 15.7. The molecule has 23 heavy (non-hydrogen) atoms. The molecule has 8 heteroatoms. The summed E-state index contributed by atoms with van der Waals surface area (Å²) in [5.41, 5.74) is -0.0578. The number of piperidine rings is 1. The van der Waals surface area contributed by atoms with Gasteiger partial charge >= 0.3 is 5.63 Å². The normalized spacial score (nSPS) is 17.1. The van der Waals surface area contributed by atoms with Gasteiger partial charge in [0.25, 0.3) is 0 Å². The molecule has 0 saturated carbocycles. The maximum atomic E-state index is 12.7. The first-order chi connectivity index (χ1) is 10.5. The maximum Gasteiger partial charge on any atom is 0.336 e. The monoisotopic (exact) mass is 358 g/mol. The zero-order valence-electron chi connectivity index (χ0n) is 12.7. The van der Waals surface area contributed by atoms with Gasteiger partial charge in [-0.1, -0.05) is 0 Å². The van der Waals surface area contributed by atoms with E-state index in [0.29, 0.717) is 30.1 Å². The highest BCUT2D eigenvalue weighted by molar-refractivity contribution is 7.89. The van der Waals surface area contributed by atoms with E-state index in [9.17, 15) is 13.2 Å². The Bertz CT molecular complexity index is 842. The van der Waals surface area contributed by atoms with Crippen molar-refractivity contribution < 1.29 is 12.8 Å². The van der Waals surface area contributed by atoms with Crippen molar-refractivity contribution >= 4 is 33.4 Å². The topological polar surface area (TPSA) is 79.6 Å². The molecule has 1 fully saturated rings. The molecule has 0 unspecified atom stereocenters. The SMILES string of the molecule is CNC1CCN(S(=O)(=O)c2ccc3oc(=O)ccc3c2)CC1.Cl. The third kappa shape index (κ3) is 3.58. The lowest BCUT2D eigenvalue weighted by Gasteiger charge is -2.31. The molecule has 1 aromatic carbocycles. The molecule has 126 valence electrons. The van der Waals surface area contributed by atoms with Crippen LogP contribution < -0.4 is 10.9 Å². The second-order valence-corrected chi connectivity index (χ2v) is 7.36. The summed E-state index contributed by atoms with van der Waals surface area (Å²) in [6, 6.07) is 7.81. The summed E-state index contributed by atoms with van der Waals surface area (Å²) >= 11 is 0. The molecule has 1 aromatic heterocycles. The molecular formula is C15H19ClN2O4S. The number of rotatable bonds is 3. The van der Waals surface area contributed by atoms with Crippen LogP contribution in [0.25, 0.3) is 11.0 Å². The number of benzene rings is 1. The number of nitrogens with zero attached hydrogens (tertiary/aromatic N) is 1. The number of hydrogen-bond acceptors (Lipinski definition) is 5. The molecule has 0 spiro atoms. The summed E-state index contributed by atoms with van der Waals surface area (Å²) < 4.78 is 32.0. The lowest BCUT2D eigenvalue weighted by molar-refractivity contribution is 0.298. The molecule has 6 nitrogen and oxygen atoms in total. The number of sulfonamides is 1. The van der Waals surface area contributed by atoms with Gasteiger partial charge in [0.2, 0.25) is 10.0 Å². The van der Waals surface area contributed by atoms with Crippen LogP contribution in [-0.4, -0.2) is 38.9 Å². The molecule has 0 amide bonds. The van der Waals surface area contributed by atoms with Gasteiger partial charge in [-0.3, -0.25) is 0 Å². The highest BCUT2D eigenvalue weighted by Gasteiger charge is 2.29. The van der Waals surface area contributed by atoms with Crippen molar-refractivity contribution in [3.63, 3.8) is 0 Å². The van der Waals surface area contributed by atoms with Crippen molar-refractivity contribution in [3.05, 3.63) is 40.8 Å². The Morgan fingerprint density at radius 3 is 2.52 bits per heavy atom. The van der Waals surface area contributed by atoms with Gasteiger partial charge in [-0.25, -0.2) is 13.2 Å². The van der Waals surface area contributed by atoms with Crippen LogP contribution in [0.5, 0.6) is 0 Å². The molecule has 1 N–H and O–H groups in total. The molecule has 3 rings (SSSR count). The van der Waals surface area contributed by atoms with Crippen LogP contribution in [0.15, 0.2) is 44.4 Å². The van der Waals surface area contributed by atoms with Crippen molar-refractivity contribution in [2.45, 2.75) is 23.8 Å². The molecule has 0 atom stereocenters. The fourth-order valence-electron chi connectivity index (χ4n) is 2.74. The molecular weight excluding hydrogens is 340 g/mol. The summed E-state index contributed by atoms with van der Waals surface area (Å²) in [4.78, 5) is 11.4. The molecule has 1 aliphatic rings. The summed E-state index contributed by atoms with van der Waals surface area (Å²) in [7, 11) is -1.61. The quantitative estimate of drug-likeness (QED) is 0.843. The van der Waals surface area contributed by atoms with Gasteiger partial charge < -0.3 is 9.73 Å². The molecule has 2 heterocycles. The van der Waals surface area contributed by atoms with Crippen molar-refractivity contribution in [1.82, 2.24) is 9.62 Å². The van der Waals surface area contributed by atoms with Crippen LogP contribution in [0.1, 0.15) is 12.8 Å². The first kappa shape index (κ1) is 17.9. The summed E-state index contributed by atoms with van der Waals surface area (Å²) in [5, 5.41) is 3.78. The third-order valence-corrected chi connectivity index (χ3v) is 5.99. The highest BCUT2D eigenvalue weighted by atomic mass is 35.5. The Kier molecular flexibility index (Phi) is 5.46. The van der Waals surface area contributed by atoms with Crippen LogP contribution in [0.4, 0.5) is 0 Å². The van der Waals surface area contributed by atoms with Crippen molar-refractivity contribution in [1.29, 1.82) is 0 Å². The third-order valence-electron chi connectivity index (χ3n) is 4.09.